The van der Waals surface area contributed by atoms with Crippen LogP contribution in [-0.4, -0.2) is 15.0 Å². The van der Waals surface area contributed by atoms with Crippen molar-refractivity contribution in [2.75, 3.05) is 0 Å². The van der Waals surface area contributed by atoms with Gasteiger partial charge in [0.05, 0.1) is 5.56 Å². The van der Waals surface area contributed by atoms with Crippen molar-refractivity contribution in [3.63, 3.8) is 0 Å². The molecule has 0 N–H and O–H groups in total. The van der Waals surface area contributed by atoms with Gasteiger partial charge in [-0.3, -0.25) is 0 Å². The van der Waals surface area contributed by atoms with Crippen LogP contribution in [-0.2, 0) is 0 Å². The molecule has 6 aromatic carbocycles. The molecule has 2 aromatic heterocycles. The fraction of sp³-hybridized carbons (Fsp3) is 0. The normalized spacial score (nSPS) is 11.3. The van der Waals surface area contributed by atoms with Crippen LogP contribution in [0.2, 0.25) is 0 Å². The molecule has 0 spiro atoms. The Kier molecular flexibility index (Phi) is 6.08. The maximum atomic E-state index is 6.56. The highest BCUT2D eigenvalue weighted by atomic mass is 16.3. The molecule has 2 heterocycles. The Labute approximate surface area is 249 Å². The summed E-state index contributed by atoms with van der Waals surface area (Å²) in [7, 11) is 0. The van der Waals surface area contributed by atoms with E-state index in [0.29, 0.717) is 17.5 Å². The van der Waals surface area contributed by atoms with E-state index in [0.717, 1.165) is 55.3 Å². The molecular formula is C39H25N3O. The van der Waals surface area contributed by atoms with Gasteiger partial charge < -0.3 is 4.42 Å². The van der Waals surface area contributed by atoms with Crippen LogP contribution in [0.4, 0.5) is 0 Å². The van der Waals surface area contributed by atoms with Gasteiger partial charge in [0, 0.05) is 21.9 Å². The van der Waals surface area contributed by atoms with Crippen LogP contribution in [0, 0.1) is 0 Å². The highest BCUT2D eigenvalue weighted by Crippen LogP contribution is 2.37. The molecule has 0 unspecified atom stereocenters. The Morgan fingerprint density at radius 1 is 0.349 bits per heavy atom. The number of furan rings is 1. The highest BCUT2D eigenvalue weighted by Gasteiger charge is 2.18. The summed E-state index contributed by atoms with van der Waals surface area (Å²) < 4.78 is 6.56. The van der Waals surface area contributed by atoms with Gasteiger partial charge in [-0.15, -0.1) is 0 Å². The first-order valence-corrected chi connectivity index (χ1v) is 14.3. The second kappa shape index (κ2) is 10.5. The van der Waals surface area contributed by atoms with Crippen LogP contribution in [0.25, 0.3) is 78.4 Å². The average Bonchev–Trinajstić information content (AvgIpc) is 3.47. The number of para-hydroxylation sites is 1. The quantitative estimate of drug-likeness (QED) is 0.214. The summed E-state index contributed by atoms with van der Waals surface area (Å²) in [6, 6.07) is 51.6. The summed E-state index contributed by atoms with van der Waals surface area (Å²) >= 11 is 0. The summed E-state index contributed by atoms with van der Waals surface area (Å²) in [6.07, 6.45) is 0. The van der Waals surface area contributed by atoms with E-state index in [1.807, 2.05) is 66.7 Å². The molecule has 0 aliphatic carbocycles. The van der Waals surface area contributed by atoms with E-state index in [1.54, 1.807) is 0 Å². The Balaban J connectivity index is 1.28. The topological polar surface area (TPSA) is 51.8 Å². The van der Waals surface area contributed by atoms with Crippen molar-refractivity contribution in [1.82, 2.24) is 15.0 Å². The van der Waals surface area contributed by atoms with E-state index >= 15 is 0 Å². The highest BCUT2D eigenvalue weighted by molar-refractivity contribution is 6.09. The van der Waals surface area contributed by atoms with Gasteiger partial charge in [0.1, 0.15) is 11.2 Å². The fourth-order valence-corrected chi connectivity index (χ4v) is 5.57. The summed E-state index contributed by atoms with van der Waals surface area (Å²) in [4.78, 5) is 14.9. The number of hydrogen-bond acceptors (Lipinski definition) is 4. The molecule has 0 fully saturated rings. The van der Waals surface area contributed by atoms with E-state index in [2.05, 4.69) is 84.9 Å². The lowest BCUT2D eigenvalue weighted by atomic mass is 10.0. The van der Waals surface area contributed by atoms with Crippen molar-refractivity contribution in [2.45, 2.75) is 0 Å². The zero-order chi connectivity index (χ0) is 28.6. The van der Waals surface area contributed by atoms with Crippen molar-refractivity contribution in [1.29, 1.82) is 0 Å². The Morgan fingerprint density at radius 3 is 1.49 bits per heavy atom. The van der Waals surface area contributed by atoms with Crippen molar-refractivity contribution in [3.8, 4) is 56.4 Å². The average molecular weight is 552 g/mol. The number of benzene rings is 6. The minimum Gasteiger partial charge on any atom is -0.455 e. The summed E-state index contributed by atoms with van der Waals surface area (Å²) in [5.74, 6) is 1.80. The van der Waals surface area contributed by atoms with Crippen molar-refractivity contribution >= 4 is 21.9 Å². The van der Waals surface area contributed by atoms with Gasteiger partial charge in [0.25, 0.3) is 0 Å². The SMILES string of the molecule is c1ccc(-c2ccc(-c3nc(-c4ccccc4)nc(-c4cccc5c4oc4cc(-c6ccccc6)ccc45)n3)cc2)cc1. The molecule has 0 aliphatic rings. The first-order valence-electron chi connectivity index (χ1n) is 14.3. The van der Waals surface area contributed by atoms with Crippen molar-refractivity contribution in [3.05, 3.63) is 152 Å². The van der Waals surface area contributed by atoms with Crippen LogP contribution in [0.5, 0.6) is 0 Å². The molecule has 8 aromatic rings. The van der Waals surface area contributed by atoms with Crippen LogP contribution in [0.1, 0.15) is 0 Å². The van der Waals surface area contributed by atoms with E-state index in [4.69, 9.17) is 19.4 Å². The summed E-state index contributed by atoms with van der Waals surface area (Å²) in [5, 5.41) is 2.09. The molecule has 0 aliphatic heterocycles. The Morgan fingerprint density at radius 2 is 0.837 bits per heavy atom. The van der Waals surface area contributed by atoms with Crippen molar-refractivity contribution in [2.24, 2.45) is 0 Å². The molecule has 4 nitrogen and oxygen atoms in total. The van der Waals surface area contributed by atoms with Crippen molar-refractivity contribution < 1.29 is 4.42 Å². The predicted octanol–water partition coefficient (Wildman–Crippen LogP) is 10.1. The Bertz CT molecular complexity index is 2210. The lowest BCUT2D eigenvalue weighted by Crippen LogP contribution is -2.00. The molecule has 4 heteroatoms. The minimum absolute atomic E-state index is 0.573. The van der Waals surface area contributed by atoms with Gasteiger partial charge in [-0.25, -0.2) is 15.0 Å². The number of rotatable bonds is 5. The van der Waals surface area contributed by atoms with E-state index in [-0.39, 0.29) is 0 Å². The van der Waals surface area contributed by atoms with Gasteiger partial charge >= 0.3 is 0 Å². The first-order chi connectivity index (χ1) is 21.3. The first kappa shape index (κ1) is 24.9. The number of hydrogen-bond donors (Lipinski definition) is 0. The largest absolute Gasteiger partial charge is 0.455 e. The third kappa shape index (κ3) is 4.65. The second-order valence-corrected chi connectivity index (χ2v) is 10.5. The molecular weight excluding hydrogens is 526 g/mol. The molecule has 0 amide bonds. The van der Waals surface area contributed by atoms with Crippen LogP contribution in [0.15, 0.2) is 156 Å². The van der Waals surface area contributed by atoms with Gasteiger partial charge in [-0.2, -0.15) is 0 Å². The summed E-state index contributed by atoms with van der Waals surface area (Å²) in [6.45, 7) is 0. The number of nitrogens with zero attached hydrogens (tertiary/aromatic N) is 3. The molecule has 43 heavy (non-hydrogen) atoms. The van der Waals surface area contributed by atoms with E-state index in [9.17, 15) is 0 Å². The van der Waals surface area contributed by atoms with Gasteiger partial charge in [0.2, 0.25) is 0 Å². The molecule has 0 saturated heterocycles. The molecule has 0 saturated carbocycles. The molecule has 8 rings (SSSR count). The van der Waals surface area contributed by atoms with Crippen LogP contribution in [0.3, 0.4) is 0 Å². The number of fused-ring (bicyclic) bond motifs is 3. The molecule has 202 valence electrons. The standard InChI is InChI=1S/C39H25N3O/c1-4-11-26(12-5-1)28-19-21-30(22-20-28)38-40-37(29-15-8-3-9-16-29)41-39(42-38)34-18-10-17-33-32-24-23-31(25-35(32)43-36(33)34)27-13-6-2-7-14-27/h1-25H. The third-order valence-corrected chi connectivity index (χ3v) is 7.76. The minimum atomic E-state index is 0.573. The lowest BCUT2D eigenvalue weighted by molar-refractivity contribution is 0.669. The summed E-state index contributed by atoms with van der Waals surface area (Å²) in [5.41, 5.74) is 8.85. The van der Waals surface area contributed by atoms with Crippen LogP contribution < -0.4 is 0 Å². The number of aromatic nitrogens is 3. The van der Waals surface area contributed by atoms with Gasteiger partial charge in [-0.1, -0.05) is 133 Å². The Hall–Kier alpha value is -5.87. The smallest absolute Gasteiger partial charge is 0.167 e. The van der Waals surface area contributed by atoms with E-state index in [1.165, 1.54) is 5.56 Å². The maximum absolute atomic E-state index is 6.56. The van der Waals surface area contributed by atoms with Crippen LogP contribution >= 0.6 is 0 Å². The zero-order valence-corrected chi connectivity index (χ0v) is 23.2. The fourth-order valence-electron chi connectivity index (χ4n) is 5.57. The van der Waals surface area contributed by atoms with Gasteiger partial charge in [0.15, 0.2) is 17.5 Å². The monoisotopic (exact) mass is 551 g/mol. The van der Waals surface area contributed by atoms with E-state index < -0.39 is 0 Å². The molecule has 0 atom stereocenters. The predicted molar refractivity (Wildman–Crippen MR) is 174 cm³/mol. The zero-order valence-electron chi connectivity index (χ0n) is 23.2. The lowest BCUT2D eigenvalue weighted by Gasteiger charge is -2.09. The molecule has 0 radical (unpaired) electrons. The maximum Gasteiger partial charge on any atom is 0.167 e. The third-order valence-electron chi connectivity index (χ3n) is 7.76. The second-order valence-electron chi connectivity index (χ2n) is 10.5. The van der Waals surface area contributed by atoms with Gasteiger partial charge in [-0.05, 0) is 40.5 Å². The molecule has 0 bridgehead atoms.